The first-order valence-corrected chi connectivity index (χ1v) is 12.5. The first-order valence-electron chi connectivity index (χ1n) is 11.7. The third-order valence-corrected chi connectivity index (χ3v) is 6.88. The second-order valence-electron chi connectivity index (χ2n) is 8.20. The summed E-state index contributed by atoms with van der Waals surface area (Å²) < 4.78 is 5.34. The molecule has 0 aliphatic carbocycles. The van der Waals surface area contributed by atoms with Crippen LogP contribution in [0.25, 0.3) is 6.08 Å². The Kier molecular flexibility index (Phi) is 7.60. The molecule has 0 spiro atoms. The molecule has 2 saturated heterocycles. The number of hydrogen-bond acceptors (Lipinski definition) is 8. The van der Waals surface area contributed by atoms with Crippen molar-refractivity contribution < 1.29 is 19.6 Å². The Bertz CT molecular complexity index is 1170. The summed E-state index contributed by atoms with van der Waals surface area (Å²) in [4.78, 5) is 32.8. The van der Waals surface area contributed by atoms with Gasteiger partial charge in [-0.3, -0.25) is 19.8 Å². The van der Waals surface area contributed by atoms with E-state index < -0.39 is 16.4 Å². The lowest BCUT2D eigenvalue weighted by Gasteiger charge is -2.28. The Hall–Kier alpha value is -3.53. The monoisotopic (exact) mass is 496 g/mol. The van der Waals surface area contributed by atoms with Gasteiger partial charge in [-0.25, -0.2) is 4.99 Å². The zero-order chi connectivity index (χ0) is 24.9. The standard InChI is InChI=1S/C25H28N4O5S/c1-3-28-24(31)22(16-17-14-20(29(32)33)23(30)21(15-17)34-4-2)35-25(28)26-18-8-10-19(11-9-18)27-12-6-5-7-13-27/h8-11,14-16,30H,3-7,12-13H2,1-2H3/b22-16-,26-25?. The molecule has 2 aromatic carbocycles. The number of piperidine rings is 1. The Morgan fingerprint density at radius 2 is 1.89 bits per heavy atom. The number of ether oxygens (including phenoxy) is 1. The lowest BCUT2D eigenvalue weighted by atomic mass is 10.1. The fourth-order valence-electron chi connectivity index (χ4n) is 4.12. The van der Waals surface area contributed by atoms with Crippen molar-refractivity contribution in [3.05, 3.63) is 57.0 Å². The summed E-state index contributed by atoms with van der Waals surface area (Å²) >= 11 is 1.21. The maximum atomic E-state index is 13.0. The van der Waals surface area contributed by atoms with E-state index >= 15 is 0 Å². The molecule has 4 rings (SSSR count). The van der Waals surface area contributed by atoms with Gasteiger partial charge < -0.3 is 14.7 Å². The maximum Gasteiger partial charge on any atom is 0.315 e. The van der Waals surface area contributed by atoms with Crippen molar-refractivity contribution in [2.45, 2.75) is 33.1 Å². The lowest BCUT2D eigenvalue weighted by molar-refractivity contribution is -0.386. The van der Waals surface area contributed by atoms with E-state index in [9.17, 15) is 20.0 Å². The molecule has 0 saturated carbocycles. The normalized spacial score (nSPS) is 18.5. The highest BCUT2D eigenvalue weighted by atomic mass is 32.2. The third kappa shape index (κ3) is 5.43. The average Bonchev–Trinajstić information content (AvgIpc) is 3.15. The summed E-state index contributed by atoms with van der Waals surface area (Å²) in [6.45, 7) is 6.39. The number of nitrogens with zero attached hydrogens (tertiary/aromatic N) is 4. The summed E-state index contributed by atoms with van der Waals surface area (Å²) in [5.74, 6) is -0.760. The van der Waals surface area contributed by atoms with Crippen LogP contribution in [0.1, 0.15) is 38.7 Å². The van der Waals surface area contributed by atoms with Crippen LogP contribution in [0.3, 0.4) is 0 Å². The minimum atomic E-state index is -0.678. The number of hydrogen-bond donors (Lipinski definition) is 1. The number of carbonyl (C=O) groups is 1. The molecule has 2 aromatic rings. The zero-order valence-corrected chi connectivity index (χ0v) is 20.6. The van der Waals surface area contributed by atoms with E-state index in [-0.39, 0.29) is 18.3 Å². The van der Waals surface area contributed by atoms with Crippen LogP contribution < -0.4 is 9.64 Å². The van der Waals surface area contributed by atoms with Gasteiger partial charge in [-0.2, -0.15) is 0 Å². The van der Waals surface area contributed by atoms with Gasteiger partial charge in [-0.05, 0) is 86.8 Å². The Morgan fingerprint density at radius 1 is 1.17 bits per heavy atom. The number of rotatable bonds is 7. The number of thioether (sulfide) groups is 1. The molecule has 2 fully saturated rings. The second-order valence-corrected chi connectivity index (χ2v) is 9.20. The van der Waals surface area contributed by atoms with Crippen LogP contribution in [-0.2, 0) is 4.79 Å². The van der Waals surface area contributed by atoms with E-state index in [1.54, 1.807) is 17.9 Å². The molecule has 2 aliphatic heterocycles. The molecule has 1 amide bonds. The van der Waals surface area contributed by atoms with Crippen LogP contribution in [0, 0.1) is 10.1 Å². The van der Waals surface area contributed by atoms with Crippen LogP contribution >= 0.6 is 11.8 Å². The van der Waals surface area contributed by atoms with Crippen LogP contribution in [0.5, 0.6) is 11.5 Å². The van der Waals surface area contributed by atoms with Gasteiger partial charge in [0.05, 0.1) is 22.1 Å². The van der Waals surface area contributed by atoms with E-state index in [1.165, 1.54) is 48.8 Å². The summed E-state index contributed by atoms with van der Waals surface area (Å²) in [6.07, 6.45) is 5.26. The molecule has 0 aromatic heterocycles. The van der Waals surface area contributed by atoms with Gasteiger partial charge in [-0.1, -0.05) is 0 Å². The topological polar surface area (TPSA) is 109 Å². The highest BCUT2D eigenvalue weighted by Gasteiger charge is 2.32. The van der Waals surface area contributed by atoms with Crippen molar-refractivity contribution in [2.75, 3.05) is 31.1 Å². The molecule has 0 bridgehead atoms. The first kappa shape index (κ1) is 24.6. The molecule has 2 aliphatic rings. The fourth-order valence-corrected chi connectivity index (χ4v) is 5.19. The van der Waals surface area contributed by atoms with E-state index in [4.69, 9.17) is 9.73 Å². The highest BCUT2D eigenvalue weighted by molar-refractivity contribution is 8.18. The van der Waals surface area contributed by atoms with Crippen molar-refractivity contribution in [3.8, 4) is 11.5 Å². The number of phenols is 1. The van der Waals surface area contributed by atoms with Gasteiger partial charge >= 0.3 is 5.69 Å². The number of amides is 1. The first-order chi connectivity index (χ1) is 16.9. The third-order valence-electron chi connectivity index (χ3n) is 5.87. The van der Waals surface area contributed by atoms with E-state index in [0.29, 0.717) is 22.2 Å². The average molecular weight is 497 g/mol. The molecule has 35 heavy (non-hydrogen) atoms. The second kappa shape index (κ2) is 10.8. The van der Waals surface area contributed by atoms with Crippen molar-refractivity contribution in [3.63, 3.8) is 0 Å². The van der Waals surface area contributed by atoms with Gasteiger partial charge in [0.2, 0.25) is 5.75 Å². The summed E-state index contributed by atoms with van der Waals surface area (Å²) in [5.41, 5.74) is 1.83. The van der Waals surface area contributed by atoms with Gasteiger partial charge in [0.25, 0.3) is 5.91 Å². The molecule has 9 nitrogen and oxygen atoms in total. The number of amidine groups is 1. The van der Waals surface area contributed by atoms with Gasteiger partial charge in [-0.15, -0.1) is 0 Å². The summed E-state index contributed by atoms with van der Waals surface area (Å²) in [6, 6.07) is 10.7. The predicted molar refractivity (Wildman–Crippen MR) is 138 cm³/mol. The minimum Gasteiger partial charge on any atom is -0.500 e. The Balaban J connectivity index is 1.61. The number of nitro benzene ring substituents is 1. The number of nitro groups is 1. The molecule has 1 N–H and O–H groups in total. The SMILES string of the molecule is CCOc1cc(/C=C2\SC(=Nc3ccc(N4CCCCC4)cc3)N(CC)C2=O)cc([N+](=O)[O-])c1O. The molecular weight excluding hydrogens is 468 g/mol. The number of benzene rings is 2. The molecule has 2 heterocycles. The van der Waals surface area contributed by atoms with E-state index in [0.717, 1.165) is 18.8 Å². The largest absolute Gasteiger partial charge is 0.500 e. The fraction of sp³-hybridized carbons (Fsp3) is 0.360. The Labute approximate surface area is 208 Å². The van der Waals surface area contributed by atoms with Gasteiger partial charge in [0.15, 0.2) is 10.9 Å². The number of anilines is 1. The predicted octanol–water partition coefficient (Wildman–Crippen LogP) is 5.31. The lowest BCUT2D eigenvalue weighted by Crippen LogP contribution is -2.29. The summed E-state index contributed by atoms with van der Waals surface area (Å²) in [5, 5.41) is 22.1. The quantitative estimate of drug-likeness (QED) is 0.314. The number of likely N-dealkylation sites (N-methyl/N-ethyl adjacent to an activating group) is 1. The highest BCUT2D eigenvalue weighted by Crippen LogP contribution is 2.40. The van der Waals surface area contributed by atoms with Crippen LogP contribution in [0.4, 0.5) is 17.1 Å². The van der Waals surface area contributed by atoms with Crippen LogP contribution in [0.15, 0.2) is 46.3 Å². The molecule has 0 atom stereocenters. The van der Waals surface area contributed by atoms with Crippen molar-refractivity contribution in [1.82, 2.24) is 4.90 Å². The Morgan fingerprint density at radius 3 is 2.51 bits per heavy atom. The molecule has 0 radical (unpaired) electrons. The smallest absolute Gasteiger partial charge is 0.315 e. The number of carbonyl (C=O) groups excluding carboxylic acids is 1. The molecule has 0 unspecified atom stereocenters. The van der Waals surface area contributed by atoms with E-state index in [1.807, 2.05) is 19.1 Å². The number of aromatic hydroxyl groups is 1. The maximum absolute atomic E-state index is 13.0. The van der Waals surface area contributed by atoms with Crippen LogP contribution in [0.2, 0.25) is 0 Å². The summed E-state index contributed by atoms with van der Waals surface area (Å²) in [7, 11) is 0. The van der Waals surface area contributed by atoms with E-state index in [2.05, 4.69) is 17.0 Å². The van der Waals surface area contributed by atoms with Crippen LogP contribution in [-0.4, -0.2) is 52.2 Å². The zero-order valence-electron chi connectivity index (χ0n) is 19.8. The van der Waals surface area contributed by atoms with Crippen molar-refractivity contribution >= 4 is 46.0 Å². The molecular formula is C25H28N4O5S. The van der Waals surface area contributed by atoms with Gasteiger partial charge in [0.1, 0.15) is 0 Å². The molecule has 10 heteroatoms. The van der Waals surface area contributed by atoms with Gasteiger partial charge in [0, 0.05) is 31.4 Å². The molecule has 184 valence electrons. The van der Waals surface area contributed by atoms with Crippen molar-refractivity contribution in [1.29, 1.82) is 0 Å². The number of aliphatic imine (C=N–C) groups is 1. The van der Waals surface area contributed by atoms with Crippen molar-refractivity contribution in [2.24, 2.45) is 4.99 Å². The number of phenolic OH excluding ortho intramolecular Hbond substituents is 1. The minimum absolute atomic E-state index is 0.000899.